The standard InChI is InChI=1S/C11H18BrN3/c1-9-4-3-5-15(6-9)8-11-10(12)7-14(2)13-11/h7,9H,3-6,8H2,1-2H3. The second-order valence-electron chi connectivity index (χ2n) is 4.58. The molecule has 0 bridgehead atoms. The van der Waals surface area contributed by atoms with Gasteiger partial charge in [0.1, 0.15) is 0 Å². The quantitative estimate of drug-likeness (QED) is 0.824. The van der Waals surface area contributed by atoms with E-state index in [-0.39, 0.29) is 0 Å². The van der Waals surface area contributed by atoms with Gasteiger partial charge >= 0.3 is 0 Å². The van der Waals surface area contributed by atoms with E-state index in [1.807, 2.05) is 17.9 Å². The zero-order valence-electron chi connectivity index (χ0n) is 9.41. The Labute approximate surface area is 99.6 Å². The van der Waals surface area contributed by atoms with Crippen LogP contribution in [0.4, 0.5) is 0 Å². The molecule has 3 nitrogen and oxygen atoms in total. The third kappa shape index (κ3) is 2.82. The van der Waals surface area contributed by atoms with E-state index in [0.29, 0.717) is 0 Å². The van der Waals surface area contributed by atoms with Crippen molar-refractivity contribution >= 4 is 15.9 Å². The summed E-state index contributed by atoms with van der Waals surface area (Å²) in [5, 5.41) is 4.46. The summed E-state index contributed by atoms with van der Waals surface area (Å²) in [5.41, 5.74) is 1.16. The maximum atomic E-state index is 4.46. The van der Waals surface area contributed by atoms with E-state index < -0.39 is 0 Å². The lowest BCUT2D eigenvalue weighted by molar-refractivity contribution is 0.174. The van der Waals surface area contributed by atoms with Crippen molar-refractivity contribution in [3.8, 4) is 0 Å². The first-order valence-corrected chi connectivity index (χ1v) is 6.35. The van der Waals surface area contributed by atoms with E-state index in [0.717, 1.165) is 22.6 Å². The molecule has 1 aliphatic rings. The lowest BCUT2D eigenvalue weighted by Crippen LogP contribution is -2.33. The molecule has 1 atom stereocenters. The highest BCUT2D eigenvalue weighted by Gasteiger charge is 2.18. The molecule has 0 radical (unpaired) electrons. The van der Waals surface area contributed by atoms with Gasteiger partial charge in [0, 0.05) is 26.3 Å². The number of likely N-dealkylation sites (tertiary alicyclic amines) is 1. The van der Waals surface area contributed by atoms with Gasteiger partial charge in [0.25, 0.3) is 0 Å². The van der Waals surface area contributed by atoms with E-state index in [9.17, 15) is 0 Å². The second kappa shape index (κ2) is 4.66. The van der Waals surface area contributed by atoms with E-state index >= 15 is 0 Å². The fourth-order valence-electron chi connectivity index (χ4n) is 2.25. The maximum Gasteiger partial charge on any atom is 0.0906 e. The van der Waals surface area contributed by atoms with Gasteiger partial charge in [0.15, 0.2) is 0 Å². The van der Waals surface area contributed by atoms with Crippen molar-refractivity contribution < 1.29 is 0 Å². The number of aryl methyl sites for hydroxylation is 1. The Morgan fingerprint density at radius 2 is 2.40 bits per heavy atom. The van der Waals surface area contributed by atoms with Crippen LogP contribution in [0.25, 0.3) is 0 Å². The van der Waals surface area contributed by atoms with Crippen molar-refractivity contribution in [3.63, 3.8) is 0 Å². The minimum Gasteiger partial charge on any atom is -0.297 e. The number of hydrogen-bond donors (Lipinski definition) is 0. The largest absolute Gasteiger partial charge is 0.297 e. The predicted octanol–water partition coefficient (Wildman–Crippen LogP) is 2.41. The van der Waals surface area contributed by atoms with Crippen molar-refractivity contribution in [2.24, 2.45) is 13.0 Å². The molecule has 1 saturated heterocycles. The number of piperidine rings is 1. The van der Waals surface area contributed by atoms with Crippen molar-refractivity contribution in [1.29, 1.82) is 0 Å². The van der Waals surface area contributed by atoms with E-state index in [4.69, 9.17) is 0 Å². The number of hydrogen-bond acceptors (Lipinski definition) is 2. The average molecular weight is 272 g/mol. The summed E-state index contributed by atoms with van der Waals surface area (Å²) in [5.74, 6) is 0.834. The molecule has 1 aliphatic heterocycles. The van der Waals surface area contributed by atoms with Gasteiger partial charge in [0.05, 0.1) is 10.2 Å². The summed E-state index contributed by atoms with van der Waals surface area (Å²) in [6.45, 7) is 5.74. The SMILES string of the molecule is CC1CCCN(Cc2nn(C)cc2Br)C1. The predicted molar refractivity (Wildman–Crippen MR) is 64.6 cm³/mol. The first-order chi connectivity index (χ1) is 7.15. The third-order valence-corrected chi connectivity index (χ3v) is 3.63. The number of rotatable bonds is 2. The molecular weight excluding hydrogens is 254 g/mol. The molecule has 15 heavy (non-hydrogen) atoms. The summed E-state index contributed by atoms with van der Waals surface area (Å²) in [4.78, 5) is 2.50. The summed E-state index contributed by atoms with van der Waals surface area (Å²) < 4.78 is 3.00. The molecule has 0 aromatic carbocycles. The number of nitrogens with zero attached hydrogens (tertiary/aromatic N) is 3. The Morgan fingerprint density at radius 1 is 1.60 bits per heavy atom. The van der Waals surface area contributed by atoms with Gasteiger partial charge < -0.3 is 0 Å². The minimum absolute atomic E-state index is 0.834. The molecule has 0 N–H and O–H groups in total. The Kier molecular flexibility index (Phi) is 3.46. The summed E-state index contributed by atoms with van der Waals surface area (Å²) in [6, 6.07) is 0. The topological polar surface area (TPSA) is 21.1 Å². The smallest absolute Gasteiger partial charge is 0.0906 e. The van der Waals surface area contributed by atoms with Crippen molar-refractivity contribution in [3.05, 3.63) is 16.4 Å². The van der Waals surface area contributed by atoms with Crippen LogP contribution >= 0.6 is 15.9 Å². The Balaban J connectivity index is 1.99. The van der Waals surface area contributed by atoms with Gasteiger partial charge in [-0.3, -0.25) is 9.58 Å². The zero-order valence-corrected chi connectivity index (χ0v) is 11.0. The molecule has 1 aromatic rings. The summed E-state index contributed by atoms with van der Waals surface area (Å²) in [6.07, 6.45) is 4.72. The molecule has 1 unspecified atom stereocenters. The highest BCUT2D eigenvalue weighted by molar-refractivity contribution is 9.10. The lowest BCUT2D eigenvalue weighted by Gasteiger charge is -2.30. The van der Waals surface area contributed by atoms with E-state index in [2.05, 4.69) is 32.9 Å². The molecule has 0 spiro atoms. The summed E-state index contributed by atoms with van der Waals surface area (Å²) >= 11 is 3.55. The van der Waals surface area contributed by atoms with Crippen LogP contribution in [0.1, 0.15) is 25.5 Å². The molecule has 1 aromatic heterocycles. The normalized spacial score (nSPS) is 23.3. The molecule has 0 saturated carbocycles. The first-order valence-electron chi connectivity index (χ1n) is 5.55. The van der Waals surface area contributed by atoms with Gasteiger partial charge in [-0.1, -0.05) is 6.92 Å². The van der Waals surface area contributed by atoms with E-state index in [1.54, 1.807) is 0 Å². The van der Waals surface area contributed by atoms with Crippen LogP contribution in [0.2, 0.25) is 0 Å². The third-order valence-electron chi connectivity index (χ3n) is 2.97. The zero-order chi connectivity index (χ0) is 10.8. The van der Waals surface area contributed by atoms with Gasteiger partial charge in [-0.05, 0) is 41.2 Å². The Morgan fingerprint density at radius 3 is 3.00 bits per heavy atom. The molecule has 2 heterocycles. The molecule has 84 valence electrons. The van der Waals surface area contributed by atoms with Crippen molar-refractivity contribution in [2.45, 2.75) is 26.3 Å². The molecular formula is C11H18BrN3. The lowest BCUT2D eigenvalue weighted by atomic mass is 10.0. The molecule has 0 amide bonds. The van der Waals surface area contributed by atoms with Crippen LogP contribution in [0, 0.1) is 5.92 Å². The number of halogens is 1. The van der Waals surface area contributed by atoms with Gasteiger partial charge in [-0.25, -0.2) is 0 Å². The van der Waals surface area contributed by atoms with Crippen LogP contribution in [0.5, 0.6) is 0 Å². The highest BCUT2D eigenvalue weighted by atomic mass is 79.9. The average Bonchev–Trinajstić information content (AvgIpc) is 2.45. The molecule has 4 heteroatoms. The molecule has 2 rings (SSSR count). The minimum atomic E-state index is 0.834. The monoisotopic (exact) mass is 271 g/mol. The van der Waals surface area contributed by atoms with Crippen LogP contribution < -0.4 is 0 Å². The van der Waals surface area contributed by atoms with Crippen LogP contribution in [-0.2, 0) is 13.6 Å². The fraction of sp³-hybridized carbons (Fsp3) is 0.727. The highest BCUT2D eigenvalue weighted by Crippen LogP contribution is 2.20. The van der Waals surface area contributed by atoms with Gasteiger partial charge in [0.2, 0.25) is 0 Å². The molecule has 0 aliphatic carbocycles. The Hall–Kier alpha value is -0.350. The van der Waals surface area contributed by atoms with Crippen molar-refractivity contribution in [1.82, 2.24) is 14.7 Å². The second-order valence-corrected chi connectivity index (χ2v) is 5.43. The van der Waals surface area contributed by atoms with Gasteiger partial charge in [-0.15, -0.1) is 0 Å². The van der Waals surface area contributed by atoms with Gasteiger partial charge in [-0.2, -0.15) is 5.10 Å². The summed E-state index contributed by atoms with van der Waals surface area (Å²) in [7, 11) is 1.97. The van der Waals surface area contributed by atoms with E-state index in [1.165, 1.54) is 25.9 Å². The number of aromatic nitrogens is 2. The van der Waals surface area contributed by atoms with Crippen LogP contribution in [0.3, 0.4) is 0 Å². The molecule has 1 fully saturated rings. The van der Waals surface area contributed by atoms with Crippen LogP contribution in [-0.4, -0.2) is 27.8 Å². The Bertz CT molecular complexity index is 335. The van der Waals surface area contributed by atoms with Crippen LogP contribution in [0.15, 0.2) is 10.7 Å². The fourth-order valence-corrected chi connectivity index (χ4v) is 2.76. The first kappa shape index (κ1) is 11.1. The maximum absolute atomic E-state index is 4.46. The van der Waals surface area contributed by atoms with Crippen molar-refractivity contribution in [2.75, 3.05) is 13.1 Å².